The molecule has 0 spiro atoms. The van der Waals surface area contributed by atoms with Gasteiger partial charge < -0.3 is 5.43 Å². The van der Waals surface area contributed by atoms with Crippen molar-refractivity contribution in [1.29, 1.82) is 0 Å². The third-order valence-electron chi connectivity index (χ3n) is 2.81. The minimum absolute atomic E-state index is 0.101. The van der Waals surface area contributed by atoms with E-state index in [-0.39, 0.29) is 10.7 Å². The first-order chi connectivity index (χ1) is 9.96. The molecule has 0 bridgehead atoms. The van der Waals surface area contributed by atoms with E-state index in [1.165, 1.54) is 29.7 Å². The number of hydrogen-bond donors (Lipinski definition) is 3. The molecule has 2 heterocycles. The van der Waals surface area contributed by atoms with E-state index in [1.54, 1.807) is 13.1 Å². The molecule has 0 fully saturated rings. The molecule has 0 amide bonds. The summed E-state index contributed by atoms with van der Waals surface area (Å²) >= 11 is 1.50. The number of nitrogens with two attached hydrogens (primary N) is 1. The highest BCUT2D eigenvalue weighted by Crippen LogP contribution is 2.22. The number of pyridine rings is 1. The van der Waals surface area contributed by atoms with E-state index in [4.69, 9.17) is 5.84 Å². The smallest absolute Gasteiger partial charge is 0.241 e. The summed E-state index contributed by atoms with van der Waals surface area (Å²) in [5.74, 6) is 5.52. The standard InChI is InChI=1S/C12H17N5O2S2/c1-3-9-7-15-12(20-9)8(2)17-21(18,19)10-4-5-14-11(6-10)16-13/h4-8,17H,3,13H2,1-2H3,(H,14,16). The summed E-state index contributed by atoms with van der Waals surface area (Å²) in [5.41, 5.74) is 2.32. The fraction of sp³-hybridized carbons (Fsp3) is 0.333. The van der Waals surface area contributed by atoms with Gasteiger partial charge in [0.1, 0.15) is 10.8 Å². The third kappa shape index (κ3) is 3.76. The van der Waals surface area contributed by atoms with Crippen LogP contribution in [-0.2, 0) is 16.4 Å². The number of hydrogen-bond acceptors (Lipinski definition) is 7. The monoisotopic (exact) mass is 327 g/mol. The number of sulfonamides is 1. The van der Waals surface area contributed by atoms with Crippen molar-refractivity contribution < 1.29 is 8.42 Å². The zero-order valence-corrected chi connectivity index (χ0v) is 13.3. The van der Waals surface area contributed by atoms with E-state index < -0.39 is 16.1 Å². The van der Waals surface area contributed by atoms with Gasteiger partial charge in [-0.1, -0.05) is 6.92 Å². The maximum Gasteiger partial charge on any atom is 0.241 e. The predicted molar refractivity (Wildman–Crippen MR) is 82.3 cm³/mol. The number of nitrogens with one attached hydrogen (secondary N) is 2. The second kappa shape index (κ2) is 6.48. The molecule has 2 aromatic rings. The number of hydrazine groups is 1. The Morgan fingerprint density at radius 2 is 2.19 bits per heavy atom. The Labute approximate surface area is 127 Å². The van der Waals surface area contributed by atoms with E-state index in [1.807, 2.05) is 6.92 Å². The lowest BCUT2D eigenvalue weighted by Gasteiger charge is -2.12. The van der Waals surface area contributed by atoms with Gasteiger partial charge in [0.15, 0.2) is 0 Å². The summed E-state index contributed by atoms with van der Waals surface area (Å²) in [5, 5.41) is 0.738. The molecule has 0 saturated carbocycles. The van der Waals surface area contributed by atoms with Gasteiger partial charge >= 0.3 is 0 Å². The summed E-state index contributed by atoms with van der Waals surface area (Å²) in [4.78, 5) is 9.35. The van der Waals surface area contributed by atoms with E-state index >= 15 is 0 Å². The normalized spacial score (nSPS) is 13.1. The Kier molecular flexibility index (Phi) is 4.88. The Hall–Kier alpha value is -1.55. The first kappa shape index (κ1) is 15.8. The van der Waals surface area contributed by atoms with Gasteiger partial charge in [0.25, 0.3) is 0 Å². The summed E-state index contributed by atoms with van der Waals surface area (Å²) in [6, 6.07) is 2.38. The van der Waals surface area contributed by atoms with Gasteiger partial charge in [-0.3, -0.25) is 0 Å². The molecule has 0 saturated heterocycles. The van der Waals surface area contributed by atoms with E-state index in [9.17, 15) is 8.42 Å². The number of aryl methyl sites for hydroxylation is 1. The number of nitrogen functional groups attached to an aromatic ring is 1. The van der Waals surface area contributed by atoms with Crippen molar-refractivity contribution >= 4 is 27.2 Å². The molecule has 4 N–H and O–H groups in total. The topological polar surface area (TPSA) is 110 Å². The van der Waals surface area contributed by atoms with Crippen LogP contribution in [0.4, 0.5) is 5.82 Å². The van der Waals surface area contributed by atoms with E-state index in [0.29, 0.717) is 0 Å². The van der Waals surface area contributed by atoms with Crippen LogP contribution in [0.3, 0.4) is 0 Å². The molecule has 0 aromatic carbocycles. The molecule has 0 aliphatic heterocycles. The molecule has 114 valence electrons. The van der Waals surface area contributed by atoms with Crippen LogP contribution in [0, 0.1) is 0 Å². The number of rotatable bonds is 6. The molecular weight excluding hydrogens is 310 g/mol. The van der Waals surface area contributed by atoms with Crippen molar-refractivity contribution in [3.63, 3.8) is 0 Å². The molecule has 21 heavy (non-hydrogen) atoms. The van der Waals surface area contributed by atoms with Crippen LogP contribution in [0.2, 0.25) is 0 Å². The van der Waals surface area contributed by atoms with Gasteiger partial charge in [0.2, 0.25) is 10.0 Å². The van der Waals surface area contributed by atoms with Gasteiger partial charge in [-0.25, -0.2) is 29.0 Å². The molecule has 1 unspecified atom stereocenters. The second-order valence-corrected chi connectivity index (χ2v) is 7.24. The molecule has 2 rings (SSSR count). The first-order valence-electron chi connectivity index (χ1n) is 6.36. The van der Waals surface area contributed by atoms with Gasteiger partial charge in [0.05, 0.1) is 10.9 Å². The van der Waals surface area contributed by atoms with Crippen LogP contribution < -0.4 is 16.0 Å². The first-order valence-corrected chi connectivity index (χ1v) is 8.66. The zero-order chi connectivity index (χ0) is 15.5. The SMILES string of the molecule is CCc1cnc(C(C)NS(=O)(=O)c2ccnc(NN)c2)s1. The highest BCUT2D eigenvalue weighted by molar-refractivity contribution is 7.89. The highest BCUT2D eigenvalue weighted by atomic mass is 32.2. The predicted octanol–water partition coefficient (Wildman–Crippen LogP) is 1.43. The Balaban J connectivity index is 2.19. The van der Waals surface area contributed by atoms with Gasteiger partial charge in [0, 0.05) is 23.3 Å². The minimum atomic E-state index is -3.66. The number of aromatic nitrogens is 2. The maximum absolute atomic E-state index is 12.3. The largest absolute Gasteiger partial charge is 0.308 e. The van der Waals surface area contributed by atoms with Crippen molar-refractivity contribution in [2.45, 2.75) is 31.2 Å². The lowest BCUT2D eigenvalue weighted by molar-refractivity contribution is 0.566. The van der Waals surface area contributed by atoms with Crippen LogP contribution >= 0.6 is 11.3 Å². The maximum atomic E-state index is 12.3. The molecule has 1 atom stereocenters. The molecule has 0 radical (unpaired) electrons. The van der Waals surface area contributed by atoms with Gasteiger partial charge in [-0.15, -0.1) is 11.3 Å². The number of thiazole rings is 1. The third-order valence-corrected chi connectivity index (χ3v) is 5.67. The fourth-order valence-electron chi connectivity index (χ4n) is 1.69. The zero-order valence-electron chi connectivity index (χ0n) is 11.7. The molecule has 2 aromatic heterocycles. The van der Waals surface area contributed by atoms with Gasteiger partial charge in [-0.05, 0) is 19.4 Å². The number of anilines is 1. The minimum Gasteiger partial charge on any atom is -0.308 e. The Morgan fingerprint density at radius 1 is 1.43 bits per heavy atom. The average Bonchev–Trinajstić information content (AvgIpc) is 2.96. The molecule has 0 aliphatic rings. The van der Waals surface area contributed by atoms with Crippen molar-refractivity contribution in [2.24, 2.45) is 5.84 Å². The Bertz CT molecular complexity index is 714. The molecule has 9 heteroatoms. The average molecular weight is 327 g/mol. The van der Waals surface area contributed by atoms with Crippen LogP contribution in [0.5, 0.6) is 0 Å². The lowest BCUT2D eigenvalue weighted by atomic mass is 10.4. The van der Waals surface area contributed by atoms with Crippen molar-refractivity contribution in [1.82, 2.24) is 14.7 Å². The van der Waals surface area contributed by atoms with Crippen LogP contribution in [-0.4, -0.2) is 18.4 Å². The van der Waals surface area contributed by atoms with Crippen molar-refractivity contribution in [3.8, 4) is 0 Å². The Morgan fingerprint density at radius 3 is 2.81 bits per heavy atom. The summed E-state index contributed by atoms with van der Waals surface area (Å²) < 4.78 is 27.3. The van der Waals surface area contributed by atoms with Crippen LogP contribution in [0.15, 0.2) is 29.4 Å². The van der Waals surface area contributed by atoms with Crippen molar-refractivity contribution in [2.75, 3.05) is 5.43 Å². The fourth-order valence-corrected chi connectivity index (χ4v) is 3.85. The summed E-state index contributed by atoms with van der Waals surface area (Å²) in [6.45, 7) is 3.80. The van der Waals surface area contributed by atoms with E-state index in [0.717, 1.165) is 16.3 Å². The van der Waals surface area contributed by atoms with Gasteiger partial charge in [-0.2, -0.15) is 0 Å². The molecular formula is C12H17N5O2S2. The highest BCUT2D eigenvalue weighted by Gasteiger charge is 2.20. The van der Waals surface area contributed by atoms with E-state index in [2.05, 4.69) is 20.1 Å². The summed E-state index contributed by atoms with van der Waals surface area (Å²) in [6.07, 6.45) is 4.04. The van der Waals surface area contributed by atoms with Crippen molar-refractivity contribution in [3.05, 3.63) is 34.4 Å². The van der Waals surface area contributed by atoms with Crippen LogP contribution in [0.25, 0.3) is 0 Å². The lowest BCUT2D eigenvalue weighted by Crippen LogP contribution is -2.27. The molecule has 0 aliphatic carbocycles. The number of nitrogens with zero attached hydrogens (tertiary/aromatic N) is 2. The quantitative estimate of drug-likeness (QED) is 0.547. The summed E-state index contributed by atoms with van der Waals surface area (Å²) in [7, 11) is -3.66. The second-order valence-electron chi connectivity index (χ2n) is 4.38. The van der Waals surface area contributed by atoms with Crippen LogP contribution in [0.1, 0.15) is 29.8 Å². The molecule has 7 nitrogen and oxygen atoms in total.